The van der Waals surface area contributed by atoms with Crippen LogP contribution in [0.2, 0.25) is 0 Å². The Labute approximate surface area is 127 Å². The topological polar surface area (TPSA) is 38.7 Å². The minimum Gasteiger partial charge on any atom is -0.490 e. The fourth-order valence-electron chi connectivity index (χ4n) is 1.87. The van der Waals surface area contributed by atoms with Crippen LogP contribution in [0.3, 0.4) is 0 Å². The maximum absolute atomic E-state index is 10.3. The van der Waals surface area contributed by atoms with E-state index < -0.39 is 6.10 Å². The van der Waals surface area contributed by atoms with Crippen molar-refractivity contribution in [2.75, 3.05) is 20.3 Å². The first-order chi connectivity index (χ1) is 9.72. The lowest BCUT2D eigenvalue weighted by Gasteiger charge is -2.14. The highest BCUT2D eigenvalue weighted by atomic mass is 79.9. The third-order valence-electron chi connectivity index (χ3n) is 2.93. The molecule has 106 valence electrons. The number of rotatable bonds is 6. The normalized spacial score (nSPS) is 12.2. The van der Waals surface area contributed by atoms with E-state index in [4.69, 9.17) is 9.47 Å². The zero-order chi connectivity index (χ0) is 14.4. The summed E-state index contributed by atoms with van der Waals surface area (Å²) < 4.78 is 11.3. The van der Waals surface area contributed by atoms with Crippen molar-refractivity contribution in [3.8, 4) is 5.75 Å². The molecule has 0 spiro atoms. The maximum atomic E-state index is 10.3. The minimum absolute atomic E-state index is 0.496. The van der Waals surface area contributed by atoms with Gasteiger partial charge in [0.2, 0.25) is 0 Å². The summed E-state index contributed by atoms with van der Waals surface area (Å²) in [5, 5.41) is 10.3. The van der Waals surface area contributed by atoms with E-state index in [-0.39, 0.29) is 0 Å². The Kier molecular flexibility index (Phi) is 5.59. The summed E-state index contributed by atoms with van der Waals surface area (Å²) in [6, 6.07) is 15.2. The van der Waals surface area contributed by atoms with E-state index in [1.165, 1.54) is 0 Å². The second-order valence-corrected chi connectivity index (χ2v) is 5.20. The molecule has 4 heteroatoms. The molecule has 0 heterocycles. The molecule has 2 aromatic carbocycles. The van der Waals surface area contributed by atoms with Crippen LogP contribution in [0, 0.1) is 0 Å². The Hall–Kier alpha value is -1.36. The van der Waals surface area contributed by atoms with Gasteiger partial charge in [-0.05, 0) is 39.2 Å². The van der Waals surface area contributed by atoms with Crippen molar-refractivity contribution >= 4 is 15.9 Å². The second kappa shape index (κ2) is 7.43. The summed E-state index contributed by atoms with van der Waals surface area (Å²) in [6.07, 6.45) is -0.638. The molecule has 0 saturated heterocycles. The van der Waals surface area contributed by atoms with E-state index in [1.54, 1.807) is 7.11 Å². The van der Waals surface area contributed by atoms with E-state index in [2.05, 4.69) is 15.9 Å². The fraction of sp³-hybridized carbons (Fsp3) is 0.250. The van der Waals surface area contributed by atoms with Crippen LogP contribution >= 0.6 is 15.9 Å². The highest BCUT2D eigenvalue weighted by Gasteiger charge is 2.12. The van der Waals surface area contributed by atoms with Crippen molar-refractivity contribution in [2.45, 2.75) is 6.10 Å². The molecule has 0 fully saturated rings. The first-order valence-corrected chi connectivity index (χ1v) is 7.16. The molecule has 0 aromatic heterocycles. The number of aliphatic hydroxyl groups is 1. The van der Waals surface area contributed by atoms with Crippen LogP contribution in [0.4, 0.5) is 0 Å². The highest BCUT2D eigenvalue weighted by Crippen LogP contribution is 2.30. The van der Waals surface area contributed by atoms with Crippen molar-refractivity contribution in [1.82, 2.24) is 0 Å². The lowest BCUT2D eigenvalue weighted by atomic mass is 10.0. The standard InChI is InChI=1S/C16H17BrO3/c1-19-9-10-20-15-8-7-13(11-14(15)17)16(18)12-5-3-2-4-6-12/h2-8,11,16,18H,9-10H2,1H3. The average Bonchev–Trinajstić information content (AvgIpc) is 2.49. The summed E-state index contributed by atoms with van der Waals surface area (Å²) in [6.45, 7) is 1.04. The summed E-state index contributed by atoms with van der Waals surface area (Å²) in [7, 11) is 1.64. The van der Waals surface area contributed by atoms with Gasteiger partial charge in [-0.15, -0.1) is 0 Å². The molecule has 0 aliphatic rings. The summed E-state index contributed by atoms with van der Waals surface area (Å²) in [5.41, 5.74) is 1.69. The molecule has 1 atom stereocenters. The maximum Gasteiger partial charge on any atom is 0.133 e. The van der Waals surface area contributed by atoms with Crippen molar-refractivity contribution in [1.29, 1.82) is 0 Å². The van der Waals surface area contributed by atoms with Gasteiger partial charge in [-0.25, -0.2) is 0 Å². The Balaban J connectivity index is 2.12. The van der Waals surface area contributed by atoms with Gasteiger partial charge in [0, 0.05) is 7.11 Å². The minimum atomic E-state index is -0.638. The van der Waals surface area contributed by atoms with Gasteiger partial charge in [0.15, 0.2) is 0 Å². The molecule has 1 N–H and O–H groups in total. The Morgan fingerprint density at radius 2 is 1.80 bits per heavy atom. The zero-order valence-corrected chi connectivity index (χ0v) is 12.8. The molecule has 20 heavy (non-hydrogen) atoms. The zero-order valence-electron chi connectivity index (χ0n) is 11.3. The Morgan fingerprint density at radius 3 is 2.45 bits per heavy atom. The summed E-state index contributed by atoms with van der Waals surface area (Å²) in [5.74, 6) is 0.742. The van der Waals surface area contributed by atoms with Gasteiger partial charge in [-0.2, -0.15) is 0 Å². The quantitative estimate of drug-likeness (QED) is 0.820. The third-order valence-corrected chi connectivity index (χ3v) is 3.55. The highest BCUT2D eigenvalue weighted by molar-refractivity contribution is 9.10. The summed E-state index contributed by atoms with van der Waals surface area (Å²) in [4.78, 5) is 0. The van der Waals surface area contributed by atoms with Crippen LogP contribution in [0.25, 0.3) is 0 Å². The van der Waals surface area contributed by atoms with Crippen LogP contribution < -0.4 is 4.74 Å². The van der Waals surface area contributed by atoms with Crippen molar-refractivity contribution in [3.63, 3.8) is 0 Å². The number of methoxy groups -OCH3 is 1. The van der Waals surface area contributed by atoms with Gasteiger partial charge in [0.25, 0.3) is 0 Å². The van der Waals surface area contributed by atoms with E-state index in [0.29, 0.717) is 13.2 Å². The number of hydrogen-bond donors (Lipinski definition) is 1. The molecule has 0 aliphatic carbocycles. The third kappa shape index (κ3) is 3.82. The average molecular weight is 337 g/mol. The predicted molar refractivity (Wildman–Crippen MR) is 82.0 cm³/mol. The molecule has 0 radical (unpaired) electrons. The molecule has 0 saturated carbocycles. The number of aliphatic hydroxyl groups excluding tert-OH is 1. The number of halogens is 1. The van der Waals surface area contributed by atoms with Crippen LogP contribution in [0.1, 0.15) is 17.2 Å². The number of hydrogen-bond acceptors (Lipinski definition) is 3. The van der Waals surface area contributed by atoms with E-state index in [0.717, 1.165) is 21.3 Å². The van der Waals surface area contributed by atoms with Crippen LogP contribution in [-0.4, -0.2) is 25.4 Å². The summed E-state index contributed by atoms with van der Waals surface area (Å²) >= 11 is 3.46. The monoisotopic (exact) mass is 336 g/mol. The lowest BCUT2D eigenvalue weighted by molar-refractivity contribution is 0.146. The van der Waals surface area contributed by atoms with Gasteiger partial charge in [-0.1, -0.05) is 36.4 Å². The molecule has 1 unspecified atom stereocenters. The SMILES string of the molecule is COCCOc1ccc(C(O)c2ccccc2)cc1Br. The molecule has 2 aromatic rings. The second-order valence-electron chi connectivity index (χ2n) is 4.34. The predicted octanol–water partition coefficient (Wildman–Crippen LogP) is 3.56. The van der Waals surface area contributed by atoms with Gasteiger partial charge in [-0.3, -0.25) is 0 Å². The van der Waals surface area contributed by atoms with Crippen LogP contribution in [0.15, 0.2) is 53.0 Å². The van der Waals surface area contributed by atoms with Gasteiger partial charge < -0.3 is 14.6 Å². The first-order valence-electron chi connectivity index (χ1n) is 6.36. The fourth-order valence-corrected chi connectivity index (χ4v) is 2.38. The molecular formula is C16H17BrO3. The Morgan fingerprint density at radius 1 is 1.05 bits per heavy atom. The van der Waals surface area contributed by atoms with E-state index in [9.17, 15) is 5.11 Å². The molecule has 0 bridgehead atoms. The smallest absolute Gasteiger partial charge is 0.133 e. The van der Waals surface area contributed by atoms with E-state index >= 15 is 0 Å². The molecular weight excluding hydrogens is 320 g/mol. The molecule has 2 rings (SSSR count). The molecule has 3 nitrogen and oxygen atoms in total. The van der Waals surface area contributed by atoms with E-state index in [1.807, 2.05) is 48.5 Å². The largest absolute Gasteiger partial charge is 0.490 e. The number of benzene rings is 2. The van der Waals surface area contributed by atoms with Gasteiger partial charge >= 0.3 is 0 Å². The van der Waals surface area contributed by atoms with Gasteiger partial charge in [0.05, 0.1) is 11.1 Å². The van der Waals surface area contributed by atoms with Crippen molar-refractivity contribution < 1.29 is 14.6 Å². The van der Waals surface area contributed by atoms with Gasteiger partial charge in [0.1, 0.15) is 18.5 Å². The number of ether oxygens (including phenoxy) is 2. The van der Waals surface area contributed by atoms with Crippen molar-refractivity contribution in [3.05, 3.63) is 64.1 Å². The lowest BCUT2D eigenvalue weighted by Crippen LogP contribution is -2.05. The molecule has 0 aliphatic heterocycles. The van der Waals surface area contributed by atoms with Crippen LogP contribution in [0.5, 0.6) is 5.75 Å². The van der Waals surface area contributed by atoms with Crippen LogP contribution in [-0.2, 0) is 4.74 Å². The molecule has 0 amide bonds. The first kappa shape index (κ1) is 15.0. The van der Waals surface area contributed by atoms with Crippen molar-refractivity contribution in [2.24, 2.45) is 0 Å². The Bertz CT molecular complexity index is 543.